The summed E-state index contributed by atoms with van der Waals surface area (Å²) in [6.07, 6.45) is 1.12. The van der Waals surface area contributed by atoms with Crippen LogP contribution >= 0.6 is 11.6 Å². The number of hydrogen-bond acceptors (Lipinski definition) is 3. The Balaban J connectivity index is 1.80. The molecule has 1 atom stereocenters. The van der Waals surface area contributed by atoms with Crippen molar-refractivity contribution in [3.8, 4) is 5.75 Å². The summed E-state index contributed by atoms with van der Waals surface area (Å²) in [5.41, 5.74) is 3.02. The molecule has 6 heteroatoms. The van der Waals surface area contributed by atoms with E-state index in [9.17, 15) is 9.59 Å². The highest BCUT2D eigenvalue weighted by Gasteiger charge is 2.31. The van der Waals surface area contributed by atoms with Gasteiger partial charge in [0.1, 0.15) is 11.8 Å². The number of benzene rings is 3. The van der Waals surface area contributed by atoms with Crippen LogP contribution < -0.4 is 10.1 Å². The summed E-state index contributed by atoms with van der Waals surface area (Å²) in [5, 5.41) is 3.70. The average molecular weight is 493 g/mol. The van der Waals surface area contributed by atoms with Crippen molar-refractivity contribution >= 4 is 23.4 Å². The molecule has 0 aromatic heterocycles. The first kappa shape index (κ1) is 26.3. The summed E-state index contributed by atoms with van der Waals surface area (Å²) in [4.78, 5) is 28.5. The molecule has 0 saturated carbocycles. The molecule has 35 heavy (non-hydrogen) atoms. The maximum Gasteiger partial charge on any atom is 0.243 e. The molecule has 2 amide bonds. The maximum absolute atomic E-state index is 13.5. The Morgan fingerprint density at radius 1 is 0.886 bits per heavy atom. The van der Waals surface area contributed by atoms with Crippen LogP contribution in [0.5, 0.6) is 5.75 Å². The van der Waals surface area contributed by atoms with Gasteiger partial charge < -0.3 is 15.0 Å². The van der Waals surface area contributed by atoms with Gasteiger partial charge in [0.25, 0.3) is 0 Å². The summed E-state index contributed by atoms with van der Waals surface area (Å²) in [5.74, 6) is 0.329. The van der Waals surface area contributed by atoms with Gasteiger partial charge in [0, 0.05) is 30.5 Å². The van der Waals surface area contributed by atoms with E-state index in [1.807, 2.05) is 80.6 Å². The lowest BCUT2D eigenvalue weighted by Crippen LogP contribution is -2.51. The molecule has 0 bridgehead atoms. The lowest BCUT2D eigenvalue weighted by molar-refractivity contribution is -0.143. The Labute approximate surface area is 213 Å². The van der Waals surface area contributed by atoms with Gasteiger partial charge in [0.05, 0.1) is 7.11 Å². The van der Waals surface area contributed by atoms with Crippen molar-refractivity contribution in [3.63, 3.8) is 0 Å². The number of nitrogens with zero attached hydrogens (tertiary/aromatic N) is 1. The molecule has 184 valence electrons. The van der Waals surface area contributed by atoms with E-state index < -0.39 is 6.04 Å². The second-order valence-corrected chi connectivity index (χ2v) is 9.28. The highest BCUT2D eigenvalue weighted by Crippen LogP contribution is 2.19. The van der Waals surface area contributed by atoms with Gasteiger partial charge in [0.15, 0.2) is 0 Å². The normalized spacial score (nSPS) is 11.7. The van der Waals surface area contributed by atoms with E-state index in [4.69, 9.17) is 16.3 Å². The molecule has 0 aliphatic rings. The monoisotopic (exact) mass is 492 g/mol. The first-order chi connectivity index (χ1) is 16.9. The minimum atomic E-state index is -0.640. The zero-order valence-electron chi connectivity index (χ0n) is 20.5. The van der Waals surface area contributed by atoms with E-state index in [0.717, 1.165) is 22.4 Å². The Hall–Kier alpha value is -3.31. The average Bonchev–Trinajstić information content (AvgIpc) is 2.87. The first-order valence-electron chi connectivity index (χ1n) is 11.9. The van der Waals surface area contributed by atoms with Crippen LogP contribution in [0, 0.1) is 5.92 Å². The van der Waals surface area contributed by atoms with E-state index in [1.54, 1.807) is 24.1 Å². The number of ether oxygens (including phenoxy) is 1. The van der Waals surface area contributed by atoms with Gasteiger partial charge in [0.2, 0.25) is 11.8 Å². The molecule has 0 saturated heterocycles. The summed E-state index contributed by atoms with van der Waals surface area (Å²) in [6.45, 7) is 4.52. The summed E-state index contributed by atoms with van der Waals surface area (Å²) >= 11 is 6.05. The molecule has 0 fully saturated rings. The summed E-state index contributed by atoms with van der Waals surface area (Å²) in [6, 6.07) is 24.3. The number of amides is 2. The van der Waals surface area contributed by atoms with E-state index >= 15 is 0 Å². The molecule has 0 unspecified atom stereocenters. The number of halogens is 1. The SMILES string of the molecule is COc1ccc(CCNC(=O)[C@H](Cc2ccccc2)N(Cc2ccc(Cl)cc2)C(=O)C(C)C)cc1. The highest BCUT2D eigenvalue weighted by atomic mass is 35.5. The number of hydrogen-bond donors (Lipinski definition) is 1. The molecular weight excluding hydrogens is 460 g/mol. The Morgan fingerprint density at radius 3 is 2.11 bits per heavy atom. The molecule has 1 N–H and O–H groups in total. The topological polar surface area (TPSA) is 58.6 Å². The fourth-order valence-electron chi connectivity index (χ4n) is 3.88. The van der Waals surface area contributed by atoms with Gasteiger partial charge in [-0.2, -0.15) is 0 Å². The molecule has 3 rings (SSSR count). The molecule has 3 aromatic carbocycles. The van der Waals surface area contributed by atoms with Crippen LogP contribution in [-0.4, -0.2) is 36.4 Å². The van der Waals surface area contributed by atoms with Gasteiger partial charge in [-0.3, -0.25) is 9.59 Å². The molecular formula is C29H33ClN2O3. The van der Waals surface area contributed by atoms with Gasteiger partial charge in [-0.05, 0) is 47.4 Å². The van der Waals surface area contributed by atoms with Crippen molar-refractivity contribution in [1.29, 1.82) is 0 Å². The lowest BCUT2D eigenvalue weighted by Gasteiger charge is -2.33. The number of nitrogens with one attached hydrogen (secondary N) is 1. The highest BCUT2D eigenvalue weighted by molar-refractivity contribution is 6.30. The van der Waals surface area contributed by atoms with Crippen LogP contribution in [-0.2, 0) is 29.0 Å². The van der Waals surface area contributed by atoms with E-state index in [0.29, 0.717) is 31.0 Å². The predicted molar refractivity (Wildman–Crippen MR) is 140 cm³/mol. The van der Waals surface area contributed by atoms with Crippen molar-refractivity contribution < 1.29 is 14.3 Å². The summed E-state index contributed by atoms with van der Waals surface area (Å²) in [7, 11) is 1.64. The Morgan fingerprint density at radius 2 is 1.51 bits per heavy atom. The zero-order valence-corrected chi connectivity index (χ0v) is 21.3. The Bertz CT molecular complexity index is 1080. The van der Waals surface area contributed by atoms with Crippen molar-refractivity contribution in [1.82, 2.24) is 10.2 Å². The fraction of sp³-hybridized carbons (Fsp3) is 0.310. The molecule has 0 heterocycles. The molecule has 0 aliphatic carbocycles. The standard InChI is InChI=1S/C29H33ClN2O3/c1-21(2)29(34)32(20-24-9-13-25(30)14-10-24)27(19-23-7-5-4-6-8-23)28(33)31-18-17-22-11-15-26(35-3)16-12-22/h4-16,21,27H,17-20H2,1-3H3,(H,31,33)/t27-/m0/s1. The molecule has 0 spiro atoms. The van der Waals surface area contributed by atoms with Gasteiger partial charge in [-0.1, -0.05) is 80.0 Å². The van der Waals surface area contributed by atoms with E-state index in [-0.39, 0.29) is 17.7 Å². The van der Waals surface area contributed by atoms with Crippen LogP contribution in [0.4, 0.5) is 0 Å². The number of methoxy groups -OCH3 is 1. The van der Waals surface area contributed by atoms with Crippen LogP contribution in [0.25, 0.3) is 0 Å². The smallest absolute Gasteiger partial charge is 0.243 e. The second-order valence-electron chi connectivity index (χ2n) is 8.84. The number of carbonyl (C=O) groups excluding carboxylic acids is 2. The molecule has 0 radical (unpaired) electrons. The summed E-state index contributed by atoms with van der Waals surface area (Å²) < 4.78 is 5.21. The predicted octanol–water partition coefficient (Wildman–Crippen LogP) is 5.30. The molecule has 5 nitrogen and oxygen atoms in total. The van der Waals surface area contributed by atoms with Crippen molar-refractivity contribution in [3.05, 3.63) is 101 Å². The first-order valence-corrected chi connectivity index (χ1v) is 12.2. The van der Waals surface area contributed by atoms with Crippen molar-refractivity contribution in [2.75, 3.05) is 13.7 Å². The van der Waals surface area contributed by atoms with Crippen molar-refractivity contribution in [2.45, 2.75) is 39.3 Å². The van der Waals surface area contributed by atoms with Gasteiger partial charge in [-0.25, -0.2) is 0 Å². The lowest BCUT2D eigenvalue weighted by atomic mass is 10.0. The van der Waals surface area contributed by atoms with E-state index in [1.165, 1.54) is 0 Å². The van der Waals surface area contributed by atoms with Gasteiger partial charge in [-0.15, -0.1) is 0 Å². The third-order valence-corrected chi connectivity index (χ3v) is 6.12. The molecule has 0 aliphatic heterocycles. The Kier molecular flexibility index (Phi) is 9.74. The minimum Gasteiger partial charge on any atom is -0.497 e. The molecule has 3 aromatic rings. The van der Waals surface area contributed by atoms with Crippen LogP contribution in [0.15, 0.2) is 78.9 Å². The number of rotatable bonds is 11. The third-order valence-electron chi connectivity index (χ3n) is 5.87. The largest absolute Gasteiger partial charge is 0.497 e. The van der Waals surface area contributed by atoms with Crippen LogP contribution in [0.2, 0.25) is 5.02 Å². The fourth-order valence-corrected chi connectivity index (χ4v) is 4.01. The van der Waals surface area contributed by atoms with Crippen LogP contribution in [0.3, 0.4) is 0 Å². The van der Waals surface area contributed by atoms with Crippen LogP contribution in [0.1, 0.15) is 30.5 Å². The number of carbonyl (C=O) groups is 2. The quantitative estimate of drug-likeness (QED) is 0.395. The van der Waals surface area contributed by atoms with E-state index in [2.05, 4.69) is 5.32 Å². The minimum absolute atomic E-state index is 0.0637. The van der Waals surface area contributed by atoms with Crippen molar-refractivity contribution in [2.24, 2.45) is 5.92 Å². The second kappa shape index (κ2) is 13.0. The third kappa shape index (κ3) is 7.86. The maximum atomic E-state index is 13.5. The zero-order chi connectivity index (χ0) is 25.2. The van der Waals surface area contributed by atoms with Gasteiger partial charge >= 0.3 is 0 Å².